The van der Waals surface area contributed by atoms with Gasteiger partial charge in [-0.1, -0.05) is 152 Å². The summed E-state index contributed by atoms with van der Waals surface area (Å²) < 4.78 is 8.41. The van der Waals surface area contributed by atoms with E-state index in [2.05, 4.69) is 158 Å². The summed E-state index contributed by atoms with van der Waals surface area (Å²) in [7, 11) is 0. The van der Waals surface area contributed by atoms with Crippen molar-refractivity contribution in [3.8, 4) is 44.5 Å². The lowest BCUT2D eigenvalue weighted by Crippen LogP contribution is -2.25. The summed E-state index contributed by atoms with van der Waals surface area (Å²) >= 11 is 0. The number of aromatic nitrogens is 1. The molecular weight excluding hydrogens is 719 g/mol. The maximum Gasteiger partial charge on any atom is 0.263 e. The fourth-order valence-electron chi connectivity index (χ4n) is 11.2. The number of pyridine rings is 1. The van der Waals surface area contributed by atoms with Gasteiger partial charge in [0.2, 0.25) is 0 Å². The minimum atomic E-state index is -0.478. The average molecular weight is 750 g/mol. The zero-order chi connectivity index (χ0) is 38.6. The van der Waals surface area contributed by atoms with Gasteiger partial charge in [0, 0.05) is 37.9 Å². The molecule has 0 atom stereocenters. The van der Waals surface area contributed by atoms with Crippen molar-refractivity contribution in [2.75, 3.05) is 0 Å². The number of fused-ring (bicyclic) bond motifs is 18. The van der Waals surface area contributed by atoms with Crippen LogP contribution in [-0.2, 0) is 5.41 Å². The van der Waals surface area contributed by atoms with Crippen LogP contribution < -0.4 is 5.56 Å². The van der Waals surface area contributed by atoms with Crippen molar-refractivity contribution in [3.05, 3.63) is 221 Å². The van der Waals surface area contributed by atoms with Gasteiger partial charge in [0.15, 0.2) is 0 Å². The molecule has 0 fully saturated rings. The number of nitrogens with zero attached hydrogens (tertiary/aromatic N) is 1. The molecule has 3 heterocycles. The molecule has 0 unspecified atom stereocenters. The fraction of sp³-hybridized carbons (Fsp3) is 0.0179. The topological polar surface area (TPSA) is 34.6 Å². The maximum absolute atomic E-state index is 14.7. The largest absolute Gasteiger partial charge is 0.455 e. The molecule has 3 heteroatoms. The van der Waals surface area contributed by atoms with Crippen LogP contribution >= 0.6 is 0 Å². The highest BCUT2D eigenvalue weighted by Gasteiger charge is 2.51. The van der Waals surface area contributed by atoms with Gasteiger partial charge in [0.25, 0.3) is 5.56 Å². The molecule has 2 aliphatic carbocycles. The monoisotopic (exact) mass is 749 g/mol. The van der Waals surface area contributed by atoms with Crippen molar-refractivity contribution in [1.82, 2.24) is 4.40 Å². The Morgan fingerprint density at radius 3 is 1.63 bits per heavy atom. The molecule has 9 aromatic carbocycles. The number of benzene rings is 9. The zero-order valence-electron chi connectivity index (χ0n) is 31.7. The van der Waals surface area contributed by atoms with Crippen molar-refractivity contribution < 1.29 is 4.42 Å². The van der Waals surface area contributed by atoms with Crippen LogP contribution in [0.25, 0.3) is 104 Å². The SMILES string of the molecule is O=c1c2ccccc2c2cc(-c3ccc(-c4cccc5c4oc4ccccc45)cc3)cc3c4cc5c(cc4n1c23)-c1ccccc1C51c2ccccc2-c2ccccc21. The molecular formula is C56H31NO2. The van der Waals surface area contributed by atoms with E-state index >= 15 is 0 Å². The summed E-state index contributed by atoms with van der Waals surface area (Å²) in [4.78, 5) is 14.7. The molecule has 0 N–H and O–H groups in total. The molecule has 0 radical (unpaired) electrons. The van der Waals surface area contributed by atoms with Gasteiger partial charge in [-0.2, -0.15) is 0 Å². The standard InChI is InChI=1S/C56H31NO2/c58-55-42-17-2-1-12-36(42)45-28-34(32-24-26-33(27-25-32)35-18-11-19-41-40-16-6-10-23-52(40)59-54(35)41)29-46-44-30-50-43(31-51(44)57(55)53(45)46)39-15-5-9-22-49(39)56(50)47-20-7-3-13-37(47)38-14-4-8-21-48(38)56/h1-31H. The Labute approximate surface area is 338 Å². The average Bonchev–Trinajstić information content (AvgIpc) is 4.01. The highest BCUT2D eigenvalue weighted by molar-refractivity contribution is 6.22. The quantitative estimate of drug-likeness (QED) is 0.165. The first-order valence-corrected chi connectivity index (χ1v) is 20.3. The molecule has 3 nitrogen and oxygen atoms in total. The summed E-state index contributed by atoms with van der Waals surface area (Å²) in [6.07, 6.45) is 0. The van der Waals surface area contributed by atoms with E-state index in [1.54, 1.807) is 0 Å². The normalized spacial score (nSPS) is 13.6. The van der Waals surface area contributed by atoms with Crippen molar-refractivity contribution in [2.24, 2.45) is 0 Å². The zero-order valence-corrected chi connectivity index (χ0v) is 31.7. The second-order valence-electron chi connectivity index (χ2n) is 16.3. The van der Waals surface area contributed by atoms with Gasteiger partial charge < -0.3 is 4.42 Å². The number of rotatable bonds is 2. The van der Waals surface area contributed by atoms with Gasteiger partial charge >= 0.3 is 0 Å². The molecule has 12 aromatic rings. The van der Waals surface area contributed by atoms with Gasteiger partial charge in [-0.25, -0.2) is 0 Å². The summed E-state index contributed by atoms with van der Waals surface area (Å²) in [5, 5.41) is 7.19. The van der Waals surface area contributed by atoms with E-state index in [0.29, 0.717) is 0 Å². The van der Waals surface area contributed by atoms with E-state index in [1.807, 2.05) is 34.7 Å². The minimum absolute atomic E-state index is 0.0162. The van der Waals surface area contributed by atoms with E-state index in [-0.39, 0.29) is 5.56 Å². The van der Waals surface area contributed by atoms with E-state index in [4.69, 9.17) is 4.42 Å². The third kappa shape index (κ3) is 3.81. The maximum atomic E-state index is 14.7. The van der Waals surface area contributed by atoms with E-state index in [0.717, 1.165) is 82.2 Å². The smallest absolute Gasteiger partial charge is 0.263 e. The predicted octanol–water partition coefficient (Wildman–Crippen LogP) is 13.8. The number of hydrogen-bond donors (Lipinski definition) is 0. The van der Waals surface area contributed by atoms with Crippen molar-refractivity contribution in [1.29, 1.82) is 0 Å². The Bertz CT molecular complexity index is 3820. The Hall–Kier alpha value is -7.75. The predicted molar refractivity (Wildman–Crippen MR) is 242 cm³/mol. The first-order chi connectivity index (χ1) is 29.2. The lowest BCUT2D eigenvalue weighted by atomic mass is 9.70. The van der Waals surface area contributed by atoms with Crippen molar-refractivity contribution >= 4 is 59.9 Å². The van der Waals surface area contributed by atoms with Crippen LogP contribution in [0.2, 0.25) is 0 Å². The van der Waals surface area contributed by atoms with Crippen LogP contribution in [0.3, 0.4) is 0 Å². The van der Waals surface area contributed by atoms with Gasteiger partial charge in [0.1, 0.15) is 11.2 Å². The van der Waals surface area contributed by atoms with E-state index < -0.39 is 5.41 Å². The first-order valence-electron chi connectivity index (χ1n) is 20.3. The second kappa shape index (κ2) is 11.0. The second-order valence-corrected chi connectivity index (χ2v) is 16.3. The van der Waals surface area contributed by atoms with Gasteiger partial charge in [0.05, 0.1) is 16.4 Å². The molecule has 59 heavy (non-hydrogen) atoms. The van der Waals surface area contributed by atoms with Crippen LogP contribution in [0.5, 0.6) is 0 Å². The molecule has 0 aliphatic heterocycles. The van der Waals surface area contributed by atoms with Crippen LogP contribution in [0.4, 0.5) is 0 Å². The molecule has 2 aliphatic rings. The first kappa shape index (κ1) is 31.3. The van der Waals surface area contributed by atoms with Crippen LogP contribution in [-0.4, -0.2) is 4.40 Å². The van der Waals surface area contributed by atoms with Gasteiger partial charge in [-0.05, 0) is 103 Å². The molecule has 0 saturated heterocycles. The Balaban J connectivity index is 1.05. The van der Waals surface area contributed by atoms with Gasteiger partial charge in [-0.15, -0.1) is 0 Å². The molecule has 0 amide bonds. The van der Waals surface area contributed by atoms with Crippen LogP contribution in [0, 0.1) is 0 Å². The van der Waals surface area contributed by atoms with Crippen LogP contribution in [0.15, 0.2) is 197 Å². The summed E-state index contributed by atoms with van der Waals surface area (Å²) in [6, 6.07) is 67.6. The molecule has 0 bridgehead atoms. The number of para-hydroxylation sites is 2. The van der Waals surface area contributed by atoms with Crippen molar-refractivity contribution in [2.45, 2.75) is 5.41 Å². The highest BCUT2D eigenvalue weighted by Crippen LogP contribution is 2.63. The van der Waals surface area contributed by atoms with E-state index in [9.17, 15) is 4.79 Å². The number of furan rings is 1. The minimum Gasteiger partial charge on any atom is -0.455 e. The lowest BCUT2D eigenvalue weighted by Gasteiger charge is -2.30. The van der Waals surface area contributed by atoms with E-state index in [1.165, 1.54) is 44.5 Å². The molecule has 3 aromatic heterocycles. The van der Waals surface area contributed by atoms with Gasteiger partial charge in [-0.3, -0.25) is 9.20 Å². The third-order valence-corrected chi connectivity index (χ3v) is 13.6. The summed E-state index contributed by atoms with van der Waals surface area (Å²) in [5.74, 6) is 0. The van der Waals surface area contributed by atoms with Crippen LogP contribution in [0.1, 0.15) is 22.3 Å². The highest BCUT2D eigenvalue weighted by atomic mass is 16.3. The number of hydrogen-bond acceptors (Lipinski definition) is 2. The summed E-state index contributed by atoms with van der Waals surface area (Å²) in [6.45, 7) is 0. The molecule has 272 valence electrons. The Morgan fingerprint density at radius 1 is 0.373 bits per heavy atom. The Morgan fingerprint density at radius 2 is 0.915 bits per heavy atom. The van der Waals surface area contributed by atoms with Crippen molar-refractivity contribution in [3.63, 3.8) is 0 Å². The molecule has 0 saturated carbocycles. The summed E-state index contributed by atoms with van der Waals surface area (Å²) in [5.41, 5.74) is 17.8. The Kier molecular flexibility index (Phi) is 5.85. The lowest BCUT2D eigenvalue weighted by molar-refractivity contribution is 0.670. The fourth-order valence-corrected chi connectivity index (χ4v) is 11.2. The third-order valence-electron chi connectivity index (χ3n) is 13.6. The molecule has 1 spiro atoms. The molecule has 14 rings (SSSR count).